The fourth-order valence-corrected chi connectivity index (χ4v) is 4.29. The number of nitrogens with zero attached hydrogens (tertiary/aromatic N) is 1. The molecule has 0 radical (unpaired) electrons. The normalized spacial score (nSPS) is 21.4. The molecule has 1 saturated heterocycles. The van der Waals surface area contributed by atoms with Crippen molar-refractivity contribution >= 4 is 0 Å². The van der Waals surface area contributed by atoms with Gasteiger partial charge in [-0.15, -0.1) is 0 Å². The van der Waals surface area contributed by atoms with Crippen LogP contribution in [-0.4, -0.2) is 38.8 Å². The fourth-order valence-electron chi connectivity index (χ4n) is 4.29. The molecule has 0 saturated carbocycles. The van der Waals surface area contributed by atoms with E-state index in [1.54, 1.807) is 0 Å². The van der Waals surface area contributed by atoms with Crippen molar-refractivity contribution in [2.45, 2.75) is 17.9 Å². The van der Waals surface area contributed by atoms with Gasteiger partial charge in [-0.3, -0.25) is 0 Å². The lowest BCUT2D eigenvalue weighted by Gasteiger charge is -2.36. The largest absolute Gasteiger partial charge is 0.492 e. The summed E-state index contributed by atoms with van der Waals surface area (Å²) in [6.45, 7) is 2.32. The molecule has 0 aromatic heterocycles. The Labute approximate surface area is 173 Å². The summed E-state index contributed by atoms with van der Waals surface area (Å²) in [6.07, 6.45) is 1.000. The molecule has 0 amide bonds. The van der Waals surface area contributed by atoms with Crippen LogP contribution in [-0.2, 0) is 10.3 Å². The van der Waals surface area contributed by atoms with Crippen LogP contribution in [0.2, 0.25) is 0 Å². The maximum Gasteiger partial charge on any atom is 0.125 e. The van der Waals surface area contributed by atoms with Gasteiger partial charge in [0.2, 0.25) is 0 Å². The molecule has 150 valence electrons. The molecule has 3 aromatic carbocycles. The van der Waals surface area contributed by atoms with Crippen molar-refractivity contribution in [3.05, 3.63) is 102 Å². The van der Waals surface area contributed by atoms with E-state index in [1.807, 2.05) is 0 Å². The van der Waals surface area contributed by atoms with Crippen LogP contribution >= 0.6 is 0 Å². The van der Waals surface area contributed by atoms with Gasteiger partial charge in [0.15, 0.2) is 0 Å². The van der Waals surface area contributed by atoms with Crippen molar-refractivity contribution in [3.63, 3.8) is 0 Å². The van der Waals surface area contributed by atoms with Crippen LogP contribution in [0.3, 0.4) is 0 Å². The highest BCUT2D eigenvalue weighted by Crippen LogP contribution is 2.51. The molecule has 0 bridgehead atoms. The molecule has 0 spiro atoms. The second-order valence-corrected chi connectivity index (χ2v) is 7.88. The summed E-state index contributed by atoms with van der Waals surface area (Å²) in [7, 11) is 4.11. The van der Waals surface area contributed by atoms with Crippen LogP contribution < -0.4 is 4.74 Å². The van der Waals surface area contributed by atoms with Crippen molar-refractivity contribution in [1.82, 2.24) is 4.90 Å². The zero-order chi connectivity index (χ0) is 20.1. The zero-order valence-electron chi connectivity index (χ0n) is 17.3. The summed E-state index contributed by atoms with van der Waals surface area (Å²) in [5.41, 5.74) is 3.22. The van der Waals surface area contributed by atoms with Crippen LogP contribution in [0.15, 0.2) is 84.9 Å². The van der Waals surface area contributed by atoms with Gasteiger partial charge in [-0.1, -0.05) is 72.8 Å². The Morgan fingerprint density at radius 1 is 0.862 bits per heavy atom. The van der Waals surface area contributed by atoms with Gasteiger partial charge in [-0.05, 0) is 49.3 Å². The molecule has 3 aromatic rings. The van der Waals surface area contributed by atoms with Crippen LogP contribution in [0, 0.1) is 0 Å². The first-order chi connectivity index (χ1) is 14.2. The minimum Gasteiger partial charge on any atom is -0.492 e. The molecule has 0 N–H and O–H groups in total. The number of rotatable bonds is 7. The molecule has 2 atom stereocenters. The van der Waals surface area contributed by atoms with Crippen molar-refractivity contribution < 1.29 is 9.47 Å². The maximum atomic E-state index is 6.58. The number of hydrogen-bond acceptors (Lipinski definition) is 3. The monoisotopic (exact) mass is 387 g/mol. The second-order valence-electron chi connectivity index (χ2n) is 7.88. The van der Waals surface area contributed by atoms with Crippen molar-refractivity contribution in [2.24, 2.45) is 0 Å². The molecule has 2 unspecified atom stereocenters. The number of benzene rings is 3. The zero-order valence-corrected chi connectivity index (χ0v) is 17.3. The third-order valence-electron chi connectivity index (χ3n) is 5.72. The molecular formula is C26H29NO2. The third-order valence-corrected chi connectivity index (χ3v) is 5.72. The van der Waals surface area contributed by atoms with E-state index < -0.39 is 5.60 Å². The first kappa shape index (κ1) is 19.7. The predicted octanol–water partition coefficient (Wildman–Crippen LogP) is 5.07. The Kier molecular flexibility index (Phi) is 5.98. The van der Waals surface area contributed by atoms with Gasteiger partial charge in [0.05, 0.1) is 0 Å². The maximum absolute atomic E-state index is 6.58. The van der Waals surface area contributed by atoms with Crippen molar-refractivity contribution in [3.8, 4) is 5.75 Å². The standard InChI is InChI=1S/C26H29NO2/c1-27(2)18-20-28-24-15-13-23(14-16-24)26(22-11-7-4-8-12-22)25(17-19-29-26)21-9-5-3-6-10-21/h3-16,25H,17-20H2,1-2H3. The molecule has 1 heterocycles. The molecule has 4 rings (SSSR count). The van der Waals surface area contributed by atoms with E-state index in [0.29, 0.717) is 6.61 Å². The minimum atomic E-state index is -0.481. The van der Waals surface area contributed by atoms with E-state index in [1.165, 1.54) is 16.7 Å². The fraction of sp³-hybridized carbons (Fsp3) is 0.308. The SMILES string of the molecule is CN(C)CCOc1ccc(C2(c3ccccc3)OCCC2c2ccccc2)cc1. The van der Waals surface area contributed by atoms with Crippen molar-refractivity contribution in [2.75, 3.05) is 33.9 Å². The third kappa shape index (κ3) is 4.07. The first-order valence-electron chi connectivity index (χ1n) is 10.3. The Bertz CT molecular complexity index is 893. The smallest absolute Gasteiger partial charge is 0.125 e. The quantitative estimate of drug-likeness (QED) is 0.565. The Hall–Kier alpha value is -2.62. The summed E-state index contributed by atoms with van der Waals surface area (Å²) >= 11 is 0. The summed E-state index contributed by atoms with van der Waals surface area (Å²) in [5.74, 6) is 1.17. The van der Waals surface area contributed by atoms with E-state index in [0.717, 1.165) is 25.3 Å². The highest BCUT2D eigenvalue weighted by Gasteiger charge is 2.47. The Morgan fingerprint density at radius 3 is 2.14 bits per heavy atom. The number of hydrogen-bond donors (Lipinski definition) is 0. The molecule has 1 fully saturated rings. The topological polar surface area (TPSA) is 21.7 Å². The lowest BCUT2D eigenvalue weighted by molar-refractivity contribution is 0.0262. The molecule has 1 aliphatic rings. The summed E-state index contributed by atoms with van der Waals surface area (Å²) in [5, 5.41) is 0. The van der Waals surface area contributed by atoms with E-state index in [4.69, 9.17) is 9.47 Å². The summed E-state index contributed by atoms with van der Waals surface area (Å²) < 4.78 is 12.5. The van der Waals surface area contributed by atoms with Gasteiger partial charge in [0.25, 0.3) is 0 Å². The Morgan fingerprint density at radius 2 is 1.48 bits per heavy atom. The molecule has 29 heavy (non-hydrogen) atoms. The lowest BCUT2D eigenvalue weighted by atomic mass is 9.73. The van der Waals surface area contributed by atoms with Gasteiger partial charge < -0.3 is 14.4 Å². The van der Waals surface area contributed by atoms with Crippen LogP contribution in [0.5, 0.6) is 5.75 Å². The van der Waals surface area contributed by atoms with E-state index in [9.17, 15) is 0 Å². The van der Waals surface area contributed by atoms with E-state index in [-0.39, 0.29) is 5.92 Å². The molecule has 1 aliphatic heterocycles. The first-order valence-corrected chi connectivity index (χ1v) is 10.3. The second kappa shape index (κ2) is 8.81. The molecule has 3 nitrogen and oxygen atoms in total. The van der Waals surface area contributed by atoms with Gasteiger partial charge in [-0.2, -0.15) is 0 Å². The summed E-state index contributed by atoms with van der Waals surface area (Å²) in [4.78, 5) is 2.12. The van der Waals surface area contributed by atoms with E-state index in [2.05, 4.69) is 104 Å². The average Bonchev–Trinajstić information content (AvgIpc) is 3.21. The van der Waals surface area contributed by atoms with Gasteiger partial charge in [-0.25, -0.2) is 0 Å². The molecule has 0 aliphatic carbocycles. The minimum absolute atomic E-state index is 0.270. The summed E-state index contributed by atoms with van der Waals surface area (Å²) in [6, 6.07) is 29.8. The number of likely N-dealkylation sites (N-methyl/N-ethyl adjacent to an activating group) is 1. The lowest BCUT2D eigenvalue weighted by Crippen LogP contribution is -2.32. The highest BCUT2D eigenvalue weighted by molar-refractivity contribution is 5.45. The highest BCUT2D eigenvalue weighted by atomic mass is 16.5. The Balaban J connectivity index is 1.70. The van der Waals surface area contributed by atoms with E-state index >= 15 is 0 Å². The van der Waals surface area contributed by atoms with Crippen LogP contribution in [0.25, 0.3) is 0 Å². The van der Waals surface area contributed by atoms with Crippen LogP contribution in [0.1, 0.15) is 29.0 Å². The van der Waals surface area contributed by atoms with Gasteiger partial charge >= 0.3 is 0 Å². The predicted molar refractivity (Wildman–Crippen MR) is 117 cm³/mol. The van der Waals surface area contributed by atoms with Gasteiger partial charge in [0.1, 0.15) is 18.0 Å². The van der Waals surface area contributed by atoms with Crippen molar-refractivity contribution in [1.29, 1.82) is 0 Å². The number of ether oxygens (including phenoxy) is 2. The molecule has 3 heteroatoms. The average molecular weight is 388 g/mol. The van der Waals surface area contributed by atoms with Gasteiger partial charge in [0, 0.05) is 19.1 Å². The molecular weight excluding hydrogens is 358 g/mol. The van der Waals surface area contributed by atoms with Crippen LogP contribution in [0.4, 0.5) is 0 Å².